The van der Waals surface area contributed by atoms with Gasteiger partial charge in [0.15, 0.2) is 0 Å². The van der Waals surface area contributed by atoms with Crippen molar-refractivity contribution in [3.05, 3.63) is 63.9 Å². The van der Waals surface area contributed by atoms with Gasteiger partial charge in [0.05, 0.1) is 0 Å². The van der Waals surface area contributed by atoms with Gasteiger partial charge in [-0.05, 0) is 0 Å². The molecule has 0 unspecified atom stereocenters. The van der Waals surface area contributed by atoms with Gasteiger partial charge < -0.3 is 16.0 Å². The molecule has 0 fully saturated rings. The second-order valence-electron chi connectivity index (χ2n) is 2.70. The fourth-order valence-electron chi connectivity index (χ4n) is 0.167. The molecule has 0 aromatic carbocycles. The second-order valence-corrected chi connectivity index (χ2v) is 3.22. The van der Waals surface area contributed by atoms with Crippen LogP contribution in [0.25, 0.3) is 16.0 Å². The van der Waals surface area contributed by atoms with Gasteiger partial charge in [0, 0.05) is 0 Å². The van der Waals surface area contributed by atoms with Gasteiger partial charge in [0.2, 0.25) is 0 Å². The molecular weight excluding hydrogens is 270 g/mol. The van der Waals surface area contributed by atoms with Crippen LogP contribution in [0.4, 0.5) is 0 Å². The molecule has 0 aromatic heterocycles. The van der Waals surface area contributed by atoms with Crippen LogP contribution >= 0.6 is 0 Å². The first kappa shape index (κ1) is 31.1. The summed E-state index contributed by atoms with van der Waals surface area (Å²) >= 11 is 2.00. The van der Waals surface area contributed by atoms with E-state index in [-0.39, 0.29) is 0 Å². The summed E-state index contributed by atoms with van der Waals surface area (Å²) in [4.78, 5) is 0. The van der Waals surface area contributed by atoms with E-state index < -0.39 is 0 Å². The molecule has 0 bridgehead atoms. The SMILES string of the molecule is C=CC=C.CC=CC=[CH][Ti+3].C[N-]C.C[N-]C.C[N-]C. The zero-order valence-electron chi connectivity index (χ0n) is 13.7. The van der Waals surface area contributed by atoms with Crippen molar-refractivity contribution in [1.29, 1.82) is 0 Å². The Kier molecular flexibility index (Phi) is 108. The van der Waals surface area contributed by atoms with Gasteiger partial charge in [-0.15, -0.1) is 0 Å². The minimum absolute atomic E-state index is 1.64. The number of allylic oxidation sites excluding steroid dienone is 5. The summed E-state index contributed by atoms with van der Waals surface area (Å²) in [6.45, 7) is 8.72. The summed E-state index contributed by atoms with van der Waals surface area (Å²) < 4.78 is 2.00. The third kappa shape index (κ3) is 336. The van der Waals surface area contributed by atoms with Gasteiger partial charge >= 0.3 is 50.0 Å². The first-order chi connectivity index (χ1) is 9.07. The van der Waals surface area contributed by atoms with Crippen LogP contribution in [0.1, 0.15) is 6.92 Å². The van der Waals surface area contributed by atoms with Crippen molar-refractivity contribution < 1.29 is 20.4 Å². The molecule has 0 saturated heterocycles. The molecule has 3 nitrogen and oxygen atoms in total. The molecule has 0 atom stereocenters. The molecule has 110 valence electrons. The van der Waals surface area contributed by atoms with Crippen molar-refractivity contribution in [2.24, 2.45) is 0 Å². The van der Waals surface area contributed by atoms with Crippen LogP contribution in [0.5, 0.6) is 0 Å². The second kappa shape index (κ2) is 65.7. The van der Waals surface area contributed by atoms with E-state index in [4.69, 9.17) is 0 Å². The van der Waals surface area contributed by atoms with Crippen molar-refractivity contribution >= 4 is 0 Å². The molecular formula is C15H31N3Ti. The standard InChI is InChI=1S/C5H7.C4H6.3C2H6N.Ti/c1-3-5-4-2;1-3-4-2;3*1-3-2;/h1,3-5H,2H3;3-4H,1-2H2;3*1-2H3;/q;;3*-1;+3. The largest absolute Gasteiger partial charge is 0.668 e. The van der Waals surface area contributed by atoms with Crippen molar-refractivity contribution in [3.63, 3.8) is 0 Å². The molecule has 19 heavy (non-hydrogen) atoms. The minimum atomic E-state index is 1.64. The smallest absolute Gasteiger partial charge is 0.162 e. The zero-order chi connectivity index (χ0) is 16.4. The van der Waals surface area contributed by atoms with E-state index in [0.29, 0.717) is 0 Å². The average Bonchev–Trinajstić information content (AvgIpc) is 2.39. The molecule has 0 radical (unpaired) electrons. The van der Waals surface area contributed by atoms with Crippen molar-refractivity contribution in [3.8, 4) is 0 Å². The van der Waals surface area contributed by atoms with E-state index >= 15 is 0 Å². The molecule has 0 spiro atoms. The third-order valence-electron chi connectivity index (χ3n) is 0.566. The molecule has 0 heterocycles. The maximum Gasteiger partial charge on any atom is -0.162 e. The van der Waals surface area contributed by atoms with Gasteiger partial charge in [0.25, 0.3) is 0 Å². The monoisotopic (exact) mass is 301 g/mol. The molecule has 0 saturated carbocycles. The van der Waals surface area contributed by atoms with E-state index in [1.54, 1.807) is 54.4 Å². The topological polar surface area (TPSA) is 42.3 Å². The van der Waals surface area contributed by atoms with E-state index in [1.165, 1.54) is 0 Å². The predicted octanol–water partition coefficient (Wildman–Crippen LogP) is 4.84. The Bertz CT molecular complexity index is 146. The van der Waals surface area contributed by atoms with Crippen LogP contribution in [-0.4, -0.2) is 42.3 Å². The van der Waals surface area contributed by atoms with E-state index in [9.17, 15) is 0 Å². The maximum atomic E-state index is 3.50. The van der Waals surface area contributed by atoms with Crippen molar-refractivity contribution in [2.45, 2.75) is 6.92 Å². The fourth-order valence-corrected chi connectivity index (χ4v) is 0.340. The Labute approximate surface area is 133 Å². The third-order valence-corrected chi connectivity index (χ3v) is 0.867. The van der Waals surface area contributed by atoms with Crippen LogP contribution in [0.3, 0.4) is 0 Å². The normalized spacial score (nSPS) is 7.63. The van der Waals surface area contributed by atoms with Gasteiger partial charge in [-0.2, -0.15) is 42.3 Å². The first-order valence-corrected chi connectivity index (χ1v) is 6.60. The summed E-state index contributed by atoms with van der Waals surface area (Å²) in [5.74, 6) is 0. The predicted molar refractivity (Wildman–Crippen MR) is 90.0 cm³/mol. The summed E-state index contributed by atoms with van der Waals surface area (Å²) in [5, 5.41) is 10.5. The average molecular weight is 301 g/mol. The Morgan fingerprint density at radius 1 is 0.737 bits per heavy atom. The Morgan fingerprint density at radius 3 is 1.05 bits per heavy atom. The zero-order valence-corrected chi connectivity index (χ0v) is 15.3. The summed E-state index contributed by atoms with van der Waals surface area (Å²) in [6, 6.07) is 0. The number of hydrogen-bond acceptors (Lipinski definition) is 0. The van der Waals surface area contributed by atoms with Gasteiger partial charge in [-0.1, -0.05) is 25.3 Å². The summed E-state index contributed by atoms with van der Waals surface area (Å²) in [7, 11) is 10.5. The Hall–Kier alpha value is -0.446. The molecule has 0 aromatic rings. The number of hydrogen-bond donors (Lipinski definition) is 0. The van der Waals surface area contributed by atoms with Crippen LogP contribution in [0.2, 0.25) is 0 Å². The minimum Gasteiger partial charge on any atom is -0.668 e. The van der Waals surface area contributed by atoms with Crippen molar-refractivity contribution in [1.82, 2.24) is 0 Å². The first-order valence-electron chi connectivity index (χ1n) is 5.70. The molecule has 4 heteroatoms. The van der Waals surface area contributed by atoms with Gasteiger partial charge in [-0.3, -0.25) is 0 Å². The fraction of sp³-hybridized carbons (Fsp3) is 0.467. The van der Waals surface area contributed by atoms with Crippen LogP contribution in [0.15, 0.2) is 47.9 Å². The molecule has 0 rings (SSSR count). The van der Waals surface area contributed by atoms with E-state index in [2.05, 4.69) is 29.1 Å². The summed E-state index contributed by atoms with van der Waals surface area (Å²) in [6.07, 6.45) is 9.28. The Balaban J connectivity index is -0.0000000448. The summed E-state index contributed by atoms with van der Waals surface area (Å²) in [5.41, 5.74) is 0. The van der Waals surface area contributed by atoms with E-state index in [1.807, 2.05) is 50.0 Å². The van der Waals surface area contributed by atoms with Crippen molar-refractivity contribution in [2.75, 3.05) is 42.3 Å². The molecule has 0 N–H and O–H groups in total. The number of rotatable bonds is 2. The van der Waals surface area contributed by atoms with Crippen LogP contribution < -0.4 is 0 Å². The molecule has 0 aliphatic rings. The quantitative estimate of drug-likeness (QED) is 0.517. The molecule has 0 aliphatic heterocycles. The van der Waals surface area contributed by atoms with Crippen LogP contribution in [0, 0.1) is 0 Å². The van der Waals surface area contributed by atoms with Crippen LogP contribution in [-0.2, 0) is 20.4 Å². The number of nitrogens with zero attached hydrogens (tertiary/aromatic N) is 3. The van der Waals surface area contributed by atoms with E-state index in [0.717, 1.165) is 0 Å². The van der Waals surface area contributed by atoms with Gasteiger partial charge in [0.1, 0.15) is 0 Å². The maximum absolute atomic E-state index is 3.50. The molecule has 0 amide bonds. The van der Waals surface area contributed by atoms with Gasteiger partial charge in [-0.25, -0.2) is 0 Å². The Morgan fingerprint density at radius 2 is 1.00 bits per heavy atom. The molecule has 0 aliphatic carbocycles.